The van der Waals surface area contributed by atoms with Gasteiger partial charge in [-0.15, -0.1) is 0 Å². The molecule has 1 heterocycles. The molecule has 0 saturated heterocycles. The van der Waals surface area contributed by atoms with E-state index in [4.69, 9.17) is 16.7 Å². The first-order valence-electron chi connectivity index (χ1n) is 10.2. The summed E-state index contributed by atoms with van der Waals surface area (Å²) < 4.78 is 1.70. The Balaban J connectivity index is 1.92. The van der Waals surface area contributed by atoms with Crippen LogP contribution in [0.2, 0.25) is 5.02 Å². The lowest BCUT2D eigenvalue weighted by atomic mass is 10.0. The molecule has 1 amide bonds. The van der Waals surface area contributed by atoms with E-state index in [2.05, 4.69) is 38.2 Å². The van der Waals surface area contributed by atoms with E-state index in [9.17, 15) is 4.79 Å². The third kappa shape index (κ3) is 5.27. The van der Waals surface area contributed by atoms with Crippen LogP contribution in [-0.2, 0) is 0 Å². The van der Waals surface area contributed by atoms with Crippen LogP contribution in [-0.4, -0.2) is 22.2 Å². The van der Waals surface area contributed by atoms with Crippen molar-refractivity contribution in [3.63, 3.8) is 0 Å². The Kier molecular flexibility index (Phi) is 7.10. The zero-order valence-electron chi connectivity index (χ0n) is 17.3. The van der Waals surface area contributed by atoms with E-state index in [0.717, 1.165) is 29.8 Å². The zero-order chi connectivity index (χ0) is 20.8. The molecule has 4 nitrogen and oxygen atoms in total. The molecule has 5 heteroatoms. The number of nitrogens with zero attached hydrogens (tertiary/aromatic N) is 2. The lowest BCUT2D eigenvalue weighted by Gasteiger charge is -2.08. The molecule has 3 aromatic rings. The smallest absolute Gasteiger partial charge is 0.270 e. The molecule has 0 radical (unpaired) electrons. The normalized spacial score (nSPS) is 10.9. The number of carbonyl (C=O) groups is 1. The lowest BCUT2D eigenvalue weighted by molar-refractivity contribution is 0.0945. The van der Waals surface area contributed by atoms with E-state index in [1.54, 1.807) is 16.8 Å². The molecule has 0 unspecified atom stereocenters. The second-order valence-corrected chi connectivity index (χ2v) is 7.86. The van der Waals surface area contributed by atoms with Crippen molar-refractivity contribution in [1.29, 1.82) is 0 Å². The minimum absolute atomic E-state index is 0.112. The Morgan fingerprint density at radius 3 is 2.45 bits per heavy atom. The van der Waals surface area contributed by atoms with Crippen LogP contribution in [0, 0.1) is 13.8 Å². The van der Waals surface area contributed by atoms with Gasteiger partial charge in [0, 0.05) is 17.1 Å². The highest BCUT2D eigenvalue weighted by Crippen LogP contribution is 2.24. The number of aromatic nitrogens is 2. The maximum absolute atomic E-state index is 12.9. The number of hydrogen-bond donors (Lipinski definition) is 1. The molecule has 0 aliphatic heterocycles. The fourth-order valence-corrected chi connectivity index (χ4v) is 3.33. The average Bonchev–Trinajstić information content (AvgIpc) is 3.16. The first-order valence-corrected chi connectivity index (χ1v) is 10.6. The Hall–Kier alpha value is -2.59. The Labute approximate surface area is 177 Å². The van der Waals surface area contributed by atoms with Gasteiger partial charge in [0.25, 0.3) is 5.91 Å². The van der Waals surface area contributed by atoms with Gasteiger partial charge in [-0.1, -0.05) is 49.9 Å². The summed E-state index contributed by atoms with van der Waals surface area (Å²) in [7, 11) is 0. The Morgan fingerprint density at radius 1 is 1.00 bits per heavy atom. The van der Waals surface area contributed by atoms with E-state index in [1.165, 1.54) is 24.0 Å². The molecule has 152 valence electrons. The van der Waals surface area contributed by atoms with Crippen LogP contribution in [0.1, 0.15) is 54.2 Å². The SMILES string of the molecule is CCCCCCNC(=O)c1cc(-c2ccc(C)c(C)c2)nn1-c1ccc(Cl)cc1. The number of unbranched alkanes of at least 4 members (excludes halogenated alkanes) is 3. The molecule has 0 bridgehead atoms. The molecule has 3 rings (SSSR count). The fourth-order valence-electron chi connectivity index (χ4n) is 3.21. The van der Waals surface area contributed by atoms with E-state index < -0.39 is 0 Å². The standard InChI is InChI=1S/C24H28ClN3O/c1-4-5-6-7-14-26-24(29)23-16-22(19-9-8-17(2)18(3)15-19)27-28(23)21-12-10-20(25)11-13-21/h8-13,15-16H,4-7,14H2,1-3H3,(H,26,29). The molecule has 0 aliphatic carbocycles. The number of nitrogens with one attached hydrogen (secondary N) is 1. The topological polar surface area (TPSA) is 46.9 Å². The number of benzene rings is 2. The summed E-state index contributed by atoms with van der Waals surface area (Å²) >= 11 is 6.04. The summed E-state index contributed by atoms with van der Waals surface area (Å²) in [6, 6.07) is 15.5. The van der Waals surface area contributed by atoms with Crippen LogP contribution in [0.3, 0.4) is 0 Å². The van der Waals surface area contributed by atoms with E-state index in [1.807, 2.05) is 24.3 Å². The van der Waals surface area contributed by atoms with E-state index >= 15 is 0 Å². The predicted octanol–water partition coefficient (Wildman–Crippen LogP) is 6.12. The van der Waals surface area contributed by atoms with Gasteiger partial charge in [-0.3, -0.25) is 4.79 Å². The monoisotopic (exact) mass is 409 g/mol. The highest BCUT2D eigenvalue weighted by molar-refractivity contribution is 6.30. The maximum atomic E-state index is 12.9. The van der Waals surface area contributed by atoms with Crippen molar-refractivity contribution >= 4 is 17.5 Å². The van der Waals surface area contributed by atoms with Crippen LogP contribution >= 0.6 is 11.6 Å². The molecular weight excluding hydrogens is 382 g/mol. The van der Waals surface area contributed by atoms with Crippen molar-refractivity contribution in [2.24, 2.45) is 0 Å². The van der Waals surface area contributed by atoms with Gasteiger partial charge in [0.15, 0.2) is 0 Å². The van der Waals surface area contributed by atoms with Gasteiger partial charge in [-0.25, -0.2) is 4.68 Å². The molecule has 1 aromatic heterocycles. The van der Waals surface area contributed by atoms with E-state index in [-0.39, 0.29) is 5.91 Å². The first-order chi connectivity index (χ1) is 14.0. The van der Waals surface area contributed by atoms with Crippen LogP contribution in [0.15, 0.2) is 48.5 Å². The summed E-state index contributed by atoms with van der Waals surface area (Å²) in [4.78, 5) is 12.9. The van der Waals surface area contributed by atoms with Crippen LogP contribution in [0.25, 0.3) is 16.9 Å². The van der Waals surface area contributed by atoms with Crippen LogP contribution in [0.4, 0.5) is 0 Å². The average molecular weight is 410 g/mol. The van der Waals surface area contributed by atoms with E-state index in [0.29, 0.717) is 17.3 Å². The highest BCUT2D eigenvalue weighted by Gasteiger charge is 2.17. The molecule has 0 aliphatic rings. The number of carbonyl (C=O) groups excluding carboxylic acids is 1. The minimum atomic E-state index is -0.112. The van der Waals surface area contributed by atoms with Gasteiger partial charge >= 0.3 is 0 Å². The van der Waals surface area contributed by atoms with Crippen molar-refractivity contribution in [3.05, 3.63) is 70.4 Å². The van der Waals surface area contributed by atoms with Gasteiger partial charge in [-0.2, -0.15) is 5.10 Å². The number of halogens is 1. The number of aryl methyl sites for hydroxylation is 2. The van der Waals surface area contributed by atoms with Crippen molar-refractivity contribution in [1.82, 2.24) is 15.1 Å². The number of hydrogen-bond acceptors (Lipinski definition) is 2. The molecular formula is C24H28ClN3O. The minimum Gasteiger partial charge on any atom is -0.351 e. The number of amides is 1. The van der Waals surface area contributed by atoms with Gasteiger partial charge in [-0.05, 0) is 67.8 Å². The maximum Gasteiger partial charge on any atom is 0.270 e. The molecule has 1 N–H and O–H groups in total. The molecule has 0 saturated carbocycles. The zero-order valence-corrected chi connectivity index (χ0v) is 18.1. The summed E-state index contributed by atoms with van der Waals surface area (Å²) in [5.74, 6) is -0.112. The summed E-state index contributed by atoms with van der Waals surface area (Å²) in [5.41, 5.74) is 5.54. The van der Waals surface area contributed by atoms with Crippen molar-refractivity contribution in [2.45, 2.75) is 46.5 Å². The molecule has 0 spiro atoms. The molecule has 2 aromatic carbocycles. The first kappa shape index (κ1) is 21.1. The largest absolute Gasteiger partial charge is 0.351 e. The van der Waals surface area contributed by atoms with Crippen molar-refractivity contribution in [3.8, 4) is 16.9 Å². The van der Waals surface area contributed by atoms with Crippen molar-refractivity contribution < 1.29 is 4.79 Å². The fraction of sp³-hybridized carbons (Fsp3) is 0.333. The lowest BCUT2D eigenvalue weighted by Crippen LogP contribution is -2.26. The van der Waals surface area contributed by atoms with Crippen LogP contribution < -0.4 is 5.32 Å². The third-order valence-electron chi connectivity index (χ3n) is 5.13. The van der Waals surface area contributed by atoms with Crippen LogP contribution in [0.5, 0.6) is 0 Å². The second-order valence-electron chi connectivity index (χ2n) is 7.42. The predicted molar refractivity (Wildman–Crippen MR) is 120 cm³/mol. The van der Waals surface area contributed by atoms with Gasteiger partial charge < -0.3 is 5.32 Å². The summed E-state index contributed by atoms with van der Waals surface area (Å²) in [5, 5.41) is 8.43. The van der Waals surface area contributed by atoms with Gasteiger partial charge in [0.1, 0.15) is 5.69 Å². The Morgan fingerprint density at radius 2 is 1.76 bits per heavy atom. The van der Waals surface area contributed by atoms with Crippen molar-refractivity contribution in [2.75, 3.05) is 6.54 Å². The summed E-state index contributed by atoms with van der Waals surface area (Å²) in [6.07, 6.45) is 4.48. The highest BCUT2D eigenvalue weighted by atomic mass is 35.5. The second kappa shape index (κ2) is 9.75. The number of rotatable bonds is 8. The molecule has 29 heavy (non-hydrogen) atoms. The molecule has 0 atom stereocenters. The Bertz CT molecular complexity index is 976. The molecule has 0 fully saturated rings. The van der Waals surface area contributed by atoms with Gasteiger partial charge in [0.2, 0.25) is 0 Å². The summed E-state index contributed by atoms with van der Waals surface area (Å²) in [6.45, 7) is 7.02. The quantitative estimate of drug-likeness (QED) is 0.455. The third-order valence-corrected chi connectivity index (χ3v) is 5.38. The van der Waals surface area contributed by atoms with Gasteiger partial charge in [0.05, 0.1) is 11.4 Å².